The van der Waals surface area contributed by atoms with Gasteiger partial charge in [-0.15, -0.1) is 12.3 Å². The van der Waals surface area contributed by atoms with Gasteiger partial charge in [0.15, 0.2) is 0 Å². The second kappa shape index (κ2) is 9.24. The molecule has 27 heavy (non-hydrogen) atoms. The number of ketones is 1. The molecule has 0 aromatic rings. The highest BCUT2D eigenvalue weighted by Crippen LogP contribution is 2.43. The lowest BCUT2D eigenvalue weighted by Crippen LogP contribution is -2.33. The van der Waals surface area contributed by atoms with Crippen LogP contribution in [0.1, 0.15) is 85.5 Å². The van der Waals surface area contributed by atoms with Gasteiger partial charge in [-0.05, 0) is 38.5 Å². The van der Waals surface area contributed by atoms with Gasteiger partial charge < -0.3 is 9.47 Å². The van der Waals surface area contributed by atoms with Crippen LogP contribution in [0.3, 0.4) is 0 Å². The summed E-state index contributed by atoms with van der Waals surface area (Å²) in [5.41, 5.74) is -0.600. The Morgan fingerprint density at radius 1 is 1.19 bits per heavy atom. The predicted molar refractivity (Wildman–Crippen MR) is 106 cm³/mol. The van der Waals surface area contributed by atoms with Gasteiger partial charge in [0, 0.05) is 30.6 Å². The van der Waals surface area contributed by atoms with E-state index in [9.17, 15) is 9.59 Å². The molecule has 0 saturated carbocycles. The molecule has 152 valence electrons. The van der Waals surface area contributed by atoms with Crippen molar-refractivity contribution in [3.63, 3.8) is 0 Å². The van der Waals surface area contributed by atoms with E-state index in [0.717, 1.165) is 38.5 Å². The summed E-state index contributed by atoms with van der Waals surface area (Å²) < 4.78 is 11.2. The standard InChI is InChI=1S/C23H36O4/c1-6-7-10-18-16-17(2)9-8-13-23(5)19(27-23)12-15-26-20(24)11-14-22(3,4)21(18)25/h1,17-19H,7-16H2,2-5H3. The Morgan fingerprint density at radius 2 is 1.93 bits per heavy atom. The number of Topliss-reactive ketones (excluding diaryl/α,β-unsaturated/α-hetero) is 1. The fourth-order valence-electron chi connectivity index (χ4n) is 4.34. The molecule has 4 heteroatoms. The van der Waals surface area contributed by atoms with Crippen LogP contribution in [0, 0.1) is 29.6 Å². The average molecular weight is 377 g/mol. The third-order valence-electron chi connectivity index (χ3n) is 6.36. The molecule has 2 heterocycles. The first-order valence-corrected chi connectivity index (χ1v) is 10.5. The van der Waals surface area contributed by atoms with Crippen molar-refractivity contribution in [2.24, 2.45) is 17.3 Å². The van der Waals surface area contributed by atoms with Crippen molar-refractivity contribution in [2.45, 2.75) is 97.2 Å². The third-order valence-corrected chi connectivity index (χ3v) is 6.36. The number of fused-ring (bicyclic) bond motifs is 1. The lowest BCUT2D eigenvalue weighted by Gasteiger charge is -2.29. The molecule has 0 aromatic carbocycles. The van der Waals surface area contributed by atoms with E-state index in [-0.39, 0.29) is 35.8 Å². The highest BCUT2D eigenvalue weighted by Gasteiger charge is 2.51. The summed E-state index contributed by atoms with van der Waals surface area (Å²) in [7, 11) is 0. The smallest absolute Gasteiger partial charge is 0.305 e. The molecule has 0 aliphatic carbocycles. The van der Waals surface area contributed by atoms with Crippen LogP contribution < -0.4 is 0 Å². The topological polar surface area (TPSA) is 55.9 Å². The van der Waals surface area contributed by atoms with Crippen LogP contribution in [0.4, 0.5) is 0 Å². The zero-order valence-corrected chi connectivity index (χ0v) is 17.5. The highest BCUT2D eigenvalue weighted by molar-refractivity contribution is 5.86. The Morgan fingerprint density at radius 3 is 2.63 bits per heavy atom. The summed E-state index contributed by atoms with van der Waals surface area (Å²) >= 11 is 0. The number of carbonyl (C=O) groups excluding carboxylic acids is 2. The van der Waals surface area contributed by atoms with Crippen LogP contribution in [-0.2, 0) is 19.1 Å². The third kappa shape index (κ3) is 6.35. The molecule has 4 nitrogen and oxygen atoms in total. The Kier molecular flexibility index (Phi) is 7.51. The van der Waals surface area contributed by atoms with E-state index in [1.807, 2.05) is 13.8 Å². The quantitative estimate of drug-likeness (QED) is 0.398. The zero-order valence-electron chi connectivity index (χ0n) is 17.5. The van der Waals surface area contributed by atoms with Crippen LogP contribution in [0.25, 0.3) is 0 Å². The molecule has 2 rings (SSSR count). The van der Waals surface area contributed by atoms with Crippen molar-refractivity contribution in [1.29, 1.82) is 0 Å². The molecule has 2 aliphatic rings. The number of ether oxygens (including phenoxy) is 2. The van der Waals surface area contributed by atoms with E-state index in [0.29, 0.717) is 25.4 Å². The summed E-state index contributed by atoms with van der Waals surface area (Å²) in [4.78, 5) is 25.3. The first-order valence-electron chi connectivity index (χ1n) is 10.5. The minimum atomic E-state index is -0.534. The van der Waals surface area contributed by atoms with Gasteiger partial charge >= 0.3 is 5.97 Å². The maximum Gasteiger partial charge on any atom is 0.305 e. The maximum absolute atomic E-state index is 13.2. The number of cyclic esters (lactones) is 1. The molecule has 0 spiro atoms. The van der Waals surface area contributed by atoms with Crippen molar-refractivity contribution in [3.05, 3.63) is 0 Å². The highest BCUT2D eigenvalue weighted by atomic mass is 16.6. The predicted octanol–water partition coefficient (Wildman–Crippen LogP) is 4.69. The molecule has 2 saturated heterocycles. The molecule has 4 unspecified atom stereocenters. The van der Waals surface area contributed by atoms with Gasteiger partial charge in [-0.2, -0.15) is 0 Å². The Bertz CT molecular complexity index is 573. The van der Waals surface area contributed by atoms with Crippen molar-refractivity contribution >= 4 is 11.8 Å². The van der Waals surface area contributed by atoms with Crippen LogP contribution in [0.5, 0.6) is 0 Å². The molecule has 2 fully saturated rings. The number of epoxide rings is 1. The first-order chi connectivity index (χ1) is 12.7. The molecule has 0 N–H and O–H groups in total. The molecule has 2 aliphatic heterocycles. The number of hydrogen-bond donors (Lipinski definition) is 0. The maximum atomic E-state index is 13.2. The molecule has 0 radical (unpaired) electrons. The second-order valence-electron chi connectivity index (χ2n) is 9.35. The summed E-state index contributed by atoms with van der Waals surface area (Å²) in [6.07, 6.45) is 12.6. The van der Waals surface area contributed by atoms with Gasteiger partial charge in [-0.25, -0.2) is 0 Å². The van der Waals surface area contributed by atoms with E-state index in [1.54, 1.807) is 0 Å². The monoisotopic (exact) mass is 376 g/mol. The zero-order chi connectivity index (χ0) is 20.1. The van der Waals surface area contributed by atoms with Gasteiger partial charge in [-0.1, -0.05) is 33.6 Å². The van der Waals surface area contributed by atoms with E-state index in [4.69, 9.17) is 15.9 Å². The lowest BCUT2D eigenvalue weighted by atomic mass is 9.73. The van der Waals surface area contributed by atoms with Crippen LogP contribution in [-0.4, -0.2) is 30.1 Å². The fourth-order valence-corrected chi connectivity index (χ4v) is 4.34. The van der Waals surface area contributed by atoms with E-state index in [1.165, 1.54) is 0 Å². The number of terminal acetylenes is 1. The van der Waals surface area contributed by atoms with E-state index < -0.39 is 5.41 Å². The van der Waals surface area contributed by atoms with Gasteiger partial charge in [0.25, 0.3) is 0 Å². The summed E-state index contributed by atoms with van der Waals surface area (Å²) in [5.74, 6) is 3.14. The number of carbonyl (C=O) groups is 2. The molecule has 0 aromatic heterocycles. The largest absolute Gasteiger partial charge is 0.466 e. The van der Waals surface area contributed by atoms with Gasteiger partial charge in [0.05, 0.1) is 18.3 Å². The van der Waals surface area contributed by atoms with Gasteiger partial charge in [0.1, 0.15) is 5.78 Å². The van der Waals surface area contributed by atoms with Crippen LogP contribution in [0.15, 0.2) is 0 Å². The van der Waals surface area contributed by atoms with Gasteiger partial charge in [-0.3, -0.25) is 9.59 Å². The molecule has 0 amide bonds. The molecular formula is C23H36O4. The molecular weight excluding hydrogens is 340 g/mol. The van der Waals surface area contributed by atoms with Crippen molar-refractivity contribution in [1.82, 2.24) is 0 Å². The second-order valence-corrected chi connectivity index (χ2v) is 9.35. The average Bonchev–Trinajstić information content (AvgIpc) is 3.25. The SMILES string of the molecule is C#CCCC1CC(C)CCCC2(C)OC2CCOC(=O)CCC(C)(C)C1=O. The van der Waals surface area contributed by atoms with E-state index in [2.05, 4.69) is 19.8 Å². The van der Waals surface area contributed by atoms with Crippen LogP contribution >= 0.6 is 0 Å². The van der Waals surface area contributed by atoms with E-state index >= 15 is 0 Å². The summed E-state index contributed by atoms with van der Waals surface area (Å²) in [6, 6.07) is 0. The number of rotatable bonds is 2. The minimum Gasteiger partial charge on any atom is -0.466 e. The van der Waals surface area contributed by atoms with Crippen LogP contribution in [0.2, 0.25) is 0 Å². The summed E-state index contributed by atoms with van der Waals surface area (Å²) in [6.45, 7) is 8.67. The van der Waals surface area contributed by atoms with Crippen molar-refractivity contribution in [3.8, 4) is 12.3 Å². The van der Waals surface area contributed by atoms with Crippen molar-refractivity contribution in [2.75, 3.05) is 6.61 Å². The van der Waals surface area contributed by atoms with Gasteiger partial charge in [0.2, 0.25) is 0 Å². The molecule has 0 bridgehead atoms. The fraction of sp³-hybridized carbons (Fsp3) is 0.826. The Labute approximate surface area is 164 Å². The lowest BCUT2D eigenvalue weighted by molar-refractivity contribution is -0.145. The Balaban J connectivity index is 2.07. The number of hydrogen-bond acceptors (Lipinski definition) is 4. The Hall–Kier alpha value is -1.34. The number of esters is 1. The normalized spacial score (nSPS) is 35.6. The first kappa shape index (κ1) is 22.0. The van der Waals surface area contributed by atoms with Crippen molar-refractivity contribution < 1.29 is 19.1 Å². The minimum absolute atomic E-state index is 0.0320. The molecule has 4 atom stereocenters. The summed E-state index contributed by atoms with van der Waals surface area (Å²) in [5, 5.41) is 0.